The fourth-order valence-corrected chi connectivity index (χ4v) is 5.63. The third kappa shape index (κ3) is 48.4. The number of carboxylic acid groups (broad SMARTS) is 5. The van der Waals surface area contributed by atoms with Crippen LogP contribution in [-0.4, -0.2) is 145 Å². The van der Waals surface area contributed by atoms with Gasteiger partial charge in [-0.05, 0) is 109 Å². The number of ether oxygens (including phenoxy) is 1. The molecule has 0 rings (SSSR count). The average Bonchev–Trinajstić information content (AvgIpc) is 3.33. The van der Waals surface area contributed by atoms with Gasteiger partial charge in [-0.1, -0.05) is 45.7 Å². The summed E-state index contributed by atoms with van der Waals surface area (Å²) in [4.78, 5) is 129. The molecule has 0 aliphatic heterocycles. The molecule has 5 unspecified atom stereocenters. The van der Waals surface area contributed by atoms with Gasteiger partial charge in [0.2, 0.25) is 11.6 Å². The van der Waals surface area contributed by atoms with E-state index in [2.05, 4.69) is 38.2 Å². The van der Waals surface area contributed by atoms with Gasteiger partial charge in [0.15, 0.2) is 34.7 Å². The number of carboxylic acids is 5. The van der Waals surface area contributed by atoms with E-state index in [-0.39, 0.29) is 65.1 Å². The first kappa shape index (κ1) is 78.4. The van der Waals surface area contributed by atoms with Gasteiger partial charge >= 0.3 is 29.8 Å². The Morgan fingerprint density at radius 2 is 0.829 bits per heavy atom. The number of carbonyl (C=O) groups is 12. The molecule has 16 N–H and O–H groups in total. The Balaban J connectivity index is -0.000000276. The van der Waals surface area contributed by atoms with E-state index >= 15 is 0 Å². The van der Waals surface area contributed by atoms with Crippen LogP contribution < -0.4 is 34.0 Å². The molecule has 0 aromatic heterocycles. The van der Waals surface area contributed by atoms with Crippen molar-refractivity contribution in [1.82, 2.24) is 5.32 Å². The summed E-state index contributed by atoms with van der Waals surface area (Å²) in [5.41, 5.74) is 27.0. The van der Waals surface area contributed by atoms with Crippen LogP contribution in [-0.2, 0) is 62.3 Å². The number of carbonyl (C=O) groups excluding carboxylic acids is 7. The highest BCUT2D eigenvalue weighted by molar-refractivity contribution is 8.03. The van der Waals surface area contributed by atoms with Crippen molar-refractivity contribution in [1.29, 1.82) is 0 Å². The summed E-state index contributed by atoms with van der Waals surface area (Å²) in [5, 5.41) is 45.3. The van der Waals surface area contributed by atoms with Crippen molar-refractivity contribution in [3.05, 3.63) is 60.4 Å². The molecule has 0 saturated carbocycles. The van der Waals surface area contributed by atoms with Gasteiger partial charge < -0.3 is 64.3 Å². The quantitative estimate of drug-likeness (QED) is 0.0105. The minimum absolute atomic E-state index is 0.00235. The minimum Gasteiger partial charge on any atom is -0.491 e. The molecule has 0 aliphatic carbocycles. The van der Waals surface area contributed by atoms with Crippen LogP contribution in [0.4, 0.5) is 0 Å². The number of nitrogens with two attached hydrogens (primary N) is 5. The highest BCUT2D eigenvalue weighted by atomic mass is 32.2. The van der Waals surface area contributed by atoms with E-state index in [1.807, 2.05) is 0 Å². The number of Topliss-reactive ketones (excluding diaryl/α,β-unsaturated/α-hetero) is 7. The molecule has 25 heteroatoms. The number of hydrogen-bond donors (Lipinski definition) is 11. The Morgan fingerprint density at radius 3 is 1.18 bits per heavy atom. The van der Waals surface area contributed by atoms with Crippen molar-refractivity contribution < 1.29 is 87.8 Å². The van der Waals surface area contributed by atoms with E-state index in [1.54, 1.807) is 0 Å². The number of unbranched alkanes of at least 4 members (excludes halogenated alkanes) is 4. The maximum Gasteiger partial charge on any atom is 0.320 e. The lowest BCUT2D eigenvalue weighted by Crippen LogP contribution is -2.30. The Hall–Kier alpha value is -6.51. The molecule has 24 nitrogen and oxygen atoms in total. The van der Waals surface area contributed by atoms with Crippen LogP contribution >= 0.6 is 11.8 Å². The molecule has 0 aromatic carbocycles. The highest BCUT2D eigenvalue weighted by Crippen LogP contribution is 2.17. The summed E-state index contributed by atoms with van der Waals surface area (Å²) in [6, 6.07) is -4.24. The summed E-state index contributed by atoms with van der Waals surface area (Å²) >= 11 is 1.41. The molecular weight excluding hydrogens is 1020 g/mol. The number of hydrogen-bond acceptors (Lipinski definition) is 20. The molecule has 0 bridgehead atoms. The van der Waals surface area contributed by atoms with E-state index in [4.69, 9.17) is 58.9 Å². The van der Waals surface area contributed by atoms with Crippen LogP contribution in [0.2, 0.25) is 0 Å². The lowest BCUT2D eigenvalue weighted by molar-refractivity contribution is -0.139. The van der Waals surface area contributed by atoms with Crippen molar-refractivity contribution in [2.75, 3.05) is 18.9 Å². The van der Waals surface area contributed by atoms with Crippen LogP contribution in [0, 0.1) is 0 Å². The fourth-order valence-electron chi connectivity index (χ4n) is 4.83. The molecule has 0 saturated heterocycles. The van der Waals surface area contributed by atoms with Gasteiger partial charge in [-0.3, -0.25) is 57.5 Å². The first-order valence-electron chi connectivity index (χ1n) is 24.0. The second-order valence-corrected chi connectivity index (χ2v) is 18.1. The zero-order valence-corrected chi connectivity index (χ0v) is 45.5. The molecule has 0 heterocycles. The molecule has 76 heavy (non-hydrogen) atoms. The molecule has 432 valence electrons. The number of nitrogens with one attached hydrogen (secondary N) is 1. The van der Waals surface area contributed by atoms with Crippen LogP contribution in [0.3, 0.4) is 0 Å². The molecule has 0 spiro atoms. The van der Waals surface area contributed by atoms with Gasteiger partial charge in [0, 0.05) is 38.1 Å². The van der Waals surface area contributed by atoms with E-state index in [0.717, 1.165) is 25.0 Å². The standard InChI is InChI=1S/C11H17NO4.C10H18N2O3.C10H17NO4.C10H15NO4.C10H17NO3S/c1-7(8(2)13)10(14)6-4-3-5-9(12)11(15)16;1-7(8(2)13)12-6-4-3-5-9(11)10(14)15;1-7(12)8(2)15-6-4-3-5-9(11)10(13)14;1-6(2)9(13)8(12)5-3-4-7(11)10(14)15;1-7(12)8(2)15-6-4-3-5-9(11)10(13)14/h9H,1,3-6,12H2,2H3,(H,15,16);9,12H,1,3-6,11H2,2H3,(H,14,15);9H,2-6,11H2,1H3,(H,13,14);7H,1,3-5,11H2,2H3,(H,14,15);9H,2-6,11H2,1H3,(H,13,14). The Kier molecular flexibility index (Phi) is 48.4. The summed E-state index contributed by atoms with van der Waals surface area (Å²) in [6.07, 6.45) is 7.84. The Morgan fingerprint density at radius 1 is 0.461 bits per heavy atom. The summed E-state index contributed by atoms with van der Waals surface area (Å²) in [7, 11) is 0. The van der Waals surface area contributed by atoms with Gasteiger partial charge in [-0.2, -0.15) is 0 Å². The maximum absolute atomic E-state index is 11.3. The van der Waals surface area contributed by atoms with Crippen LogP contribution in [0.1, 0.15) is 137 Å². The molecule has 0 fully saturated rings. The SMILES string of the molecule is C=C(C(C)=O)C(=O)CCCCC(N)C(=O)O.C=C(C)C(=O)C(=O)CCCC(N)C(=O)O.C=C(NCCCCC(N)C(=O)O)C(C)=O.C=C(OCCCCC(N)C(=O)O)C(C)=O.C=C(SCCCCC(N)C(=O)O)C(C)=O. The largest absolute Gasteiger partial charge is 0.491 e. The van der Waals surface area contributed by atoms with E-state index in [1.165, 1.54) is 46.4 Å². The third-order valence-electron chi connectivity index (χ3n) is 9.94. The Bertz CT molecular complexity index is 1880. The van der Waals surface area contributed by atoms with Crippen molar-refractivity contribution in [2.45, 2.75) is 168 Å². The van der Waals surface area contributed by atoms with E-state index in [0.29, 0.717) is 88.0 Å². The fraction of sp³-hybridized carbons (Fsp3) is 0.569. The zero-order valence-electron chi connectivity index (χ0n) is 44.7. The molecular formula is C51H84N6O18S. The summed E-state index contributed by atoms with van der Waals surface area (Å²) < 4.78 is 5.01. The normalized spacial score (nSPS) is 11.9. The Labute approximate surface area is 449 Å². The summed E-state index contributed by atoms with van der Waals surface area (Å²) in [5.74, 6) is -6.20. The van der Waals surface area contributed by atoms with Gasteiger partial charge in [-0.25, -0.2) is 0 Å². The van der Waals surface area contributed by atoms with Crippen LogP contribution in [0.5, 0.6) is 0 Å². The monoisotopic (exact) mass is 1100 g/mol. The topological polar surface area (TPSA) is 457 Å². The van der Waals surface area contributed by atoms with Crippen molar-refractivity contribution in [2.24, 2.45) is 28.7 Å². The predicted octanol–water partition coefficient (Wildman–Crippen LogP) is 3.31. The number of allylic oxidation sites excluding steroid dienone is 5. The van der Waals surface area contributed by atoms with Crippen molar-refractivity contribution in [3.63, 3.8) is 0 Å². The smallest absolute Gasteiger partial charge is 0.320 e. The molecule has 0 aromatic rings. The third-order valence-corrected chi connectivity index (χ3v) is 11.1. The number of aliphatic carboxylic acids is 5. The zero-order chi connectivity index (χ0) is 60.3. The molecule has 0 amide bonds. The van der Waals surface area contributed by atoms with E-state index < -0.39 is 71.6 Å². The second kappa shape index (κ2) is 47.0. The summed E-state index contributed by atoms with van der Waals surface area (Å²) in [6.45, 7) is 25.3. The number of ketones is 7. The van der Waals surface area contributed by atoms with Gasteiger partial charge in [0.25, 0.3) is 0 Å². The number of thioether (sulfide) groups is 1. The van der Waals surface area contributed by atoms with Gasteiger partial charge in [0.05, 0.1) is 17.9 Å². The number of rotatable bonds is 39. The van der Waals surface area contributed by atoms with Crippen LogP contribution in [0.25, 0.3) is 0 Å². The highest BCUT2D eigenvalue weighted by Gasteiger charge is 2.18. The minimum atomic E-state index is -1.10. The molecule has 0 aliphatic rings. The van der Waals surface area contributed by atoms with Gasteiger partial charge in [-0.15, -0.1) is 11.8 Å². The lowest BCUT2D eigenvalue weighted by Gasteiger charge is -2.07. The van der Waals surface area contributed by atoms with Crippen molar-refractivity contribution in [3.8, 4) is 0 Å². The second-order valence-electron chi connectivity index (χ2n) is 17.0. The van der Waals surface area contributed by atoms with Crippen molar-refractivity contribution >= 4 is 82.1 Å². The van der Waals surface area contributed by atoms with E-state index in [9.17, 15) is 57.5 Å². The molecule has 5 atom stereocenters. The first-order valence-corrected chi connectivity index (χ1v) is 25.0. The average molecular weight is 1100 g/mol. The predicted molar refractivity (Wildman–Crippen MR) is 287 cm³/mol. The lowest BCUT2D eigenvalue weighted by atomic mass is 10.0. The first-order chi connectivity index (χ1) is 35.1. The molecule has 0 radical (unpaired) electrons. The maximum atomic E-state index is 11.3. The van der Waals surface area contributed by atoms with Crippen LogP contribution in [0.15, 0.2) is 60.4 Å². The van der Waals surface area contributed by atoms with Gasteiger partial charge in [0.1, 0.15) is 30.2 Å².